The SMILES string of the molecule is CCSc1nn(CC(=O)N(CC)CC)c2nc3c(c(=O)n12)[C@](C)(CC)Cc1ccccc1-3. The van der Waals surface area contributed by atoms with Crippen LogP contribution in [0.15, 0.2) is 34.2 Å². The Hall–Kier alpha value is -2.61. The first-order valence-electron chi connectivity index (χ1n) is 11.4. The molecule has 8 heteroatoms. The number of nitrogens with zero attached hydrogens (tertiary/aromatic N) is 5. The fraction of sp³-hybridized carbons (Fsp3) is 0.500. The van der Waals surface area contributed by atoms with Gasteiger partial charge in [-0.3, -0.25) is 9.59 Å². The number of amides is 1. The maximum Gasteiger partial charge on any atom is 0.265 e. The van der Waals surface area contributed by atoms with E-state index in [9.17, 15) is 9.59 Å². The molecule has 0 N–H and O–H groups in total. The van der Waals surface area contributed by atoms with E-state index in [4.69, 9.17) is 4.98 Å². The van der Waals surface area contributed by atoms with Crippen molar-refractivity contribution in [2.45, 2.75) is 64.6 Å². The second-order valence-electron chi connectivity index (χ2n) is 8.46. The Bertz CT molecular complexity index is 1230. The number of benzene rings is 1. The molecule has 0 saturated heterocycles. The van der Waals surface area contributed by atoms with Crippen LogP contribution in [0.5, 0.6) is 0 Å². The number of carbonyl (C=O) groups is 1. The van der Waals surface area contributed by atoms with Crippen LogP contribution < -0.4 is 5.56 Å². The average molecular weight is 454 g/mol. The largest absolute Gasteiger partial charge is 0.342 e. The van der Waals surface area contributed by atoms with Gasteiger partial charge in [-0.1, -0.05) is 56.8 Å². The summed E-state index contributed by atoms with van der Waals surface area (Å²) >= 11 is 1.50. The van der Waals surface area contributed by atoms with Crippen molar-refractivity contribution in [2.75, 3.05) is 18.8 Å². The molecule has 7 nitrogen and oxygen atoms in total. The van der Waals surface area contributed by atoms with Crippen molar-refractivity contribution < 1.29 is 4.79 Å². The van der Waals surface area contributed by atoms with Gasteiger partial charge in [0.1, 0.15) is 6.54 Å². The molecule has 32 heavy (non-hydrogen) atoms. The van der Waals surface area contributed by atoms with E-state index in [1.54, 1.807) is 14.0 Å². The van der Waals surface area contributed by atoms with Crippen molar-refractivity contribution in [3.05, 3.63) is 45.7 Å². The first-order chi connectivity index (χ1) is 15.4. The number of hydrogen-bond acceptors (Lipinski definition) is 5. The Labute approximate surface area is 192 Å². The first-order valence-corrected chi connectivity index (χ1v) is 12.4. The fourth-order valence-electron chi connectivity index (χ4n) is 4.64. The third-order valence-corrected chi connectivity index (χ3v) is 7.42. The number of thioether (sulfide) groups is 1. The minimum Gasteiger partial charge on any atom is -0.342 e. The van der Waals surface area contributed by atoms with E-state index in [0.29, 0.717) is 24.0 Å². The Morgan fingerprint density at radius 2 is 1.91 bits per heavy atom. The van der Waals surface area contributed by atoms with Crippen LogP contribution in [0.2, 0.25) is 0 Å². The van der Waals surface area contributed by atoms with Gasteiger partial charge in [0.25, 0.3) is 5.56 Å². The highest BCUT2D eigenvalue weighted by atomic mass is 32.2. The van der Waals surface area contributed by atoms with Crippen LogP contribution in [0.4, 0.5) is 0 Å². The van der Waals surface area contributed by atoms with Gasteiger partial charge in [-0.05, 0) is 38.0 Å². The molecule has 0 saturated carbocycles. The maximum atomic E-state index is 14.0. The van der Waals surface area contributed by atoms with E-state index < -0.39 is 0 Å². The standard InChI is InChI=1S/C24H31N5O2S/c1-6-24(5)14-16-12-10-11-13-17(16)20-19(24)21(31)29-22(25-20)28(26-23(29)32-9-4)15-18(30)27(7-2)8-3/h10-13H,6-9,14-15H2,1-5H3/t24-/m1/s1. The van der Waals surface area contributed by atoms with Crippen molar-refractivity contribution in [3.63, 3.8) is 0 Å². The lowest BCUT2D eigenvalue weighted by atomic mass is 9.69. The summed E-state index contributed by atoms with van der Waals surface area (Å²) in [7, 11) is 0. The van der Waals surface area contributed by atoms with Crippen LogP contribution in [0, 0.1) is 0 Å². The summed E-state index contributed by atoms with van der Waals surface area (Å²) in [4.78, 5) is 33.6. The molecule has 0 fully saturated rings. The molecule has 0 aliphatic heterocycles. The summed E-state index contributed by atoms with van der Waals surface area (Å²) < 4.78 is 3.21. The molecular formula is C24H31N5O2S. The highest BCUT2D eigenvalue weighted by Crippen LogP contribution is 2.42. The van der Waals surface area contributed by atoms with Crippen molar-refractivity contribution in [3.8, 4) is 11.3 Å². The van der Waals surface area contributed by atoms with E-state index in [-0.39, 0.29) is 23.4 Å². The van der Waals surface area contributed by atoms with Gasteiger partial charge >= 0.3 is 0 Å². The number of hydrogen-bond donors (Lipinski definition) is 0. The maximum absolute atomic E-state index is 14.0. The van der Waals surface area contributed by atoms with Crippen LogP contribution in [-0.2, 0) is 23.2 Å². The molecule has 0 spiro atoms. The minimum atomic E-state index is -0.303. The van der Waals surface area contributed by atoms with Gasteiger partial charge in [-0.15, -0.1) is 5.10 Å². The van der Waals surface area contributed by atoms with Crippen molar-refractivity contribution in [1.29, 1.82) is 0 Å². The third-order valence-electron chi connectivity index (χ3n) is 6.61. The third kappa shape index (κ3) is 3.54. The topological polar surface area (TPSA) is 72.5 Å². The van der Waals surface area contributed by atoms with Crippen LogP contribution in [0.1, 0.15) is 52.2 Å². The molecule has 4 rings (SSSR count). The van der Waals surface area contributed by atoms with Gasteiger partial charge in [-0.2, -0.15) is 0 Å². The van der Waals surface area contributed by atoms with Crippen LogP contribution in [0.3, 0.4) is 0 Å². The number of likely N-dealkylation sites (N-methyl/N-ethyl adjacent to an activating group) is 1. The van der Waals surface area contributed by atoms with Crippen molar-refractivity contribution in [1.82, 2.24) is 24.1 Å². The molecule has 1 atom stereocenters. The minimum absolute atomic E-state index is 0.0289. The van der Waals surface area contributed by atoms with Gasteiger partial charge in [0, 0.05) is 24.1 Å². The molecule has 1 aliphatic rings. The second kappa shape index (κ2) is 8.73. The predicted molar refractivity (Wildman–Crippen MR) is 128 cm³/mol. The Morgan fingerprint density at radius 1 is 1.19 bits per heavy atom. The molecule has 0 radical (unpaired) electrons. The van der Waals surface area contributed by atoms with Crippen molar-refractivity contribution >= 4 is 23.4 Å². The normalized spacial score (nSPS) is 17.3. The zero-order chi connectivity index (χ0) is 23.0. The Balaban J connectivity index is 2.00. The highest BCUT2D eigenvalue weighted by Gasteiger charge is 2.38. The summed E-state index contributed by atoms with van der Waals surface area (Å²) in [6.45, 7) is 11.6. The second-order valence-corrected chi connectivity index (χ2v) is 9.69. The molecule has 3 aromatic rings. The van der Waals surface area contributed by atoms with Gasteiger partial charge in [0.05, 0.1) is 11.3 Å². The Kier molecular flexibility index (Phi) is 6.16. The summed E-state index contributed by atoms with van der Waals surface area (Å²) in [5.41, 5.74) is 3.31. The first kappa shape index (κ1) is 22.6. The molecule has 2 aromatic heterocycles. The summed E-state index contributed by atoms with van der Waals surface area (Å²) in [5.74, 6) is 1.17. The van der Waals surface area contributed by atoms with E-state index in [1.165, 1.54) is 17.3 Å². The van der Waals surface area contributed by atoms with E-state index in [2.05, 4.69) is 25.0 Å². The van der Waals surface area contributed by atoms with Gasteiger partial charge in [0.15, 0.2) is 5.16 Å². The zero-order valence-electron chi connectivity index (χ0n) is 19.5. The molecule has 0 bridgehead atoms. The molecule has 0 unspecified atom stereocenters. The summed E-state index contributed by atoms with van der Waals surface area (Å²) in [6, 6.07) is 8.18. The molecule has 170 valence electrons. The molecular weight excluding hydrogens is 422 g/mol. The van der Waals surface area contributed by atoms with Gasteiger partial charge < -0.3 is 4.90 Å². The van der Waals surface area contributed by atoms with E-state index in [1.807, 2.05) is 39.0 Å². The number of fused-ring (bicyclic) bond motifs is 4. The van der Waals surface area contributed by atoms with E-state index in [0.717, 1.165) is 35.4 Å². The smallest absolute Gasteiger partial charge is 0.265 e. The van der Waals surface area contributed by atoms with E-state index >= 15 is 0 Å². The molecule has 1 aliphatic carbocycles. The molecule has 2 heterocycles. The molecule has 1 aromatic carbocycles. The van der Waals surface area contributed by atoms with Gasteiger partial charge in [0.2, 0.25) is 11.7 Å². The number of rotatable bonds is 7. The zero-order valence-corrected chi connectivity index (χ0v) is 20.3. The quantitative estimate of drug-likeness (QED) is 0.509. The van der Waals surface area contributed by atoms with Gasteiger partial charge in [-0.25, -0.2) is 14.1 Å². The fourth-order valence-corrected chi connectivity index (χ4v) is 5.34. The average Bonchev–Trinajstić information content (AvgIpc) is 3.12. The lowest BCUT2D eigenvalue weighted by Crippen LogP contribution is -2.38. The summed E-state index contributed by atoms with van der Waals surface area (Å²) in [5, 5.41) is 5.25. The monoisotopic (exact) mass is 453 g/mol. The Morgan fingerprint density at radius 3 is 2.56 bits per heavy atom. The highest BCUT2D eigenvalue weighted by molar-refractivity contribution is 7.99. The van der Waals surface area contributed by atoms with Crippen LogP contribution in [0.25, 0.3) is 17.0 Å². The molecule has 1 amide bonds. The predicted octanol–water partition coefficient (Wildman–Crippen LogP) is 3.76. The lowest BCUT2D eigenvalue weighted by molar-refractivity contribution is -0.131. The number of carbonyl (C=O) groups excluding carboxylic acids is 1. The van der Waals surface area contributed by atoms with Crippen LogP contribution >= 0.6 is 11.8 Å². The summed E-state index contributed by atoms with van der Waals surface area (Å²) in [6.07, 6.45) is 1.64. The lowest BCUT2D eigenvalue weighted by Gasteiger charge is -2.35. The number of aromatic nitrogens is 4. The van der Waals surface area contributed by atoms with Crippen LogP contribution in [-0.4, -0.2) is 48.8 Å². The van der Waals surface area contributed by atoms with Crippen molar-refractivity contribution in [2.24, 2.45) is 0 Å².